The van der Waals surface area contributed by atoms with Gasteiger partial charge in [-0.3, -0.25) is 4.79 Å². The first-order valence-electron chi connectivity index (χ1n) is 8.92. The third kappa shape index (κ3) is 4.93. The number of amides is 1. The maximum atomic E-state index is 12.6. The first-order valence-corrected chi connectivity index (χ1v) is 10.4. The molecule has 1 saturated heterocycles. The van der Waals surface area contributed by atoms with Crippen molar-refractivity contribution in [2.45, 2.75) is 44.7 Å². The van der Waals surface area contributed by atoms with Crippen molar-refractivity contribution in [3.63, 3.8) is 0 Å². The molecule has 1 aliphatic heterocycles. The SMILES string of the molecule is CC(C)N(C(=O)C=Cc1ccc(S(=O)(=O)N2CCOCC2)cc1)C(C)C. The Morgan fingerprint density at radius 1 is 1.08 bits per heavy atom. The zero-order valence-corrected chi connectivity index (χ0v) is 16.7. The van der Waals surface area contributed by atoms with Crippen molar-refractivity contribution in [1.82, 2.24) is 9.21 Å². The van der Waals surface area contributed by atoms with Crippen molar-refractivity contribution in [2.24, 2.45) is 0 Å². The van der Waals surface area contributed by atoms with Gasteiger partial charge in [0.1, 0.15) is 0 Å². The minimum absolute atomic E-state index is 0.0555. The molecule has 26 heavy (non-hydrogen) atoms. The van der Waals surface area contributed by atoms with Gasteiger partial charge in [-0.05, 0) is 51.5 Å². The molecule has 6 nitrogen and oxygen atoms in total. The number of carbonyl (C=O) groups is 1. The molecule has 1 amide bonds. The summed E-state index contributed by atoms with van der Waals surface area (Å²) in [5, 5.41) is 0. The van der Waals surface area contributed by atoms with Gasteiger partial charge in [-0.25, -0.2) is 8.42 Å². The second-order valence-corrected chi connectivity index (χ2v) is 8.79. The second-order valence-electron chi connectivity index (χ2n) is 6.85. The molecule has 1 fully saturated rings. The van der Waals surface area contributed by atoms with Crippen molar-refractivity contribution in [2.75, 3.05) is 26.3 Å². The van der Waals surface area contributed by atoms with Crippen molar-refractivity contribution in [3.05, 3.63) is 35.9 Å². The summed E-state index contributed by atoms with van der Waals surface area (Å²) >= 11 is 0. The van der Waals surface area contributed by atoms with Gasteiger partial charge in [-0.2, -0.15) is 4.31 Å². The fourth-order valence-corrected chi connectivity index (χ4v) is 4.45. The topological polar surface area (TPSA) is 66.9 Å². The van der Waals surface area contributed by atoms with Crippen LogP contribution < -0.4 is 0 Å². The highest BCUT2D eigenvalue weighted by molar-refractivity contribution is 7.89. The maximum absolute atomic E-state index is 12.6. The number of hydrogen-bond acceptors (Lipinski definition) is 4. The van der Waals surface area contributed by atoms with Gasteiger partial charge in [-0.1, -0.05) is 12.1 Å². The van der Waals surface area contributed by atoms with E-state index in [1.807, 2.05) is 27.7 Å². The third-order valence-electron chi connectivity index (χ3n) is 4.27. The minimum Gasteiger partial charge on any atom is -0.379 e. The number of ether oxygens (including phenoxy) is 1. The van der Waals surface area contributed by atoms with E-state index in [1.54, 1.807) is 35.2 Å². The Morgan fingerprint density at radius 3 is 2.12 bits per heavy atom. The van der Waals surface area contributed by atoms with E-state index in [-0.39, 0.29) is 22.9 Å². The quantitative estimate of drug-likeness (QED) is 0.711. The fraction of sp³-hybridized carbons (Fsp3) is 0.526. The van der Waals surface area contributed by atoms with Crippen LogP contribution in [0, 0.1) is 0 Å². The molecular formula is C19H28N2O4S. The van der Waals surface area contributed by atoms with E-state index in [0.29, 0.717) is 26.3 Å². The first-order chi connectivity index (χ1) is 12.2. The molecule has 0 N–H and O–H groups in total. The van der Waals surface area contributed by atoms with Crippen LogP contribution in [-0.4, -0.2) is 61.9 Å². The molecule has 0 bridgehead atoms. The van der Waals surface area contributed by atoms with Crippen LogP contribution in [0.1, 0.15) is 33.3 Å². The zero-order chi connectivity index (χ0) is 19.3. The van der Waals surface area contributed by atoms with E-state index in [4.69, 9.17) is 4.74 Å². The largest absolute Gasteiger partial charge is 0.379 e. The van der Waals surface area contributed by atoms with Crippen molar-refractivity contribution in [3.8, 4) is 0 Å². The molecule has 2 rings (SSSR count). The fourth-order valence-electron chi connectivity index (χ4n) is 3.05. The van der Waals surface area contributed by atoms with E-state index in [1.165, 1.54) is 10.4 Å². The highest BCUT2D eigenvalue weighted by atomic mass is 32.2. The van der Waals surface area contributed by atoms with Gasteiger partial charge < -0.3 is 9.64 Å². The molecule has 0 radical (unpaired) electrons. The molecule has 1 aliphatic rings. The third-order valence-corrected chi connectivity index (χ3v) is 6.19. The molecule has 0 atom stereocenters. The highest BCUT2D eigenvalue weighted by Crippen LogP contribution is 2.18. The van der Waals surface area contributed by atoms with Gasteiger partial charge in [0.25, 0.3) is 0 Å². The van der Waals surface area contributed by atoms with E-state index >= 15 is 0 Å². The lowest BCUT2D eigenvalue weighted by Crippen LogP contribution is -2.41. The number of nitrogens with zero attached hydrogens (tertiary/aromatic N) is 2. The normalized spacial score (nSPS) is 16.5. The van der Waals surface area contributed by atoms with E-state index in [2.05, 4.69) is 0 Å². The molecule has 0 unspecified atom stereocenters. The summed E-state index contributed by atoms with van der Waals surface area (Å²) in [6.45, 7) is 9.52. The van der Waals surface area contributed by atoms with Crippen molar-refractivity contribution < 1.29 is 17.9 Å². The monoisotopic (exact) mass is 380 g/mol. The van der Waals surface area contributed by atoms with Crippen LogP contribution in [0.2, 0.25) is 0 Å². The molecule has 144 valence electrons. The molecule has 0 saturated carbocycles. The number of benzene rings is 1. The van der Waals surface area contributed by atoms with Gasteiger partial charge in [0.15, 0.2) is 0 Å². The summed E-state index contributed by atoms with van der Waals surface area (Å²) in [5.74, 6) is -0.0555. The van der Waals surface area contributed by atoms with Crippen molar-refractivity contribution >= 4 is 22.0 Å². The number of rotatable bonds is 6. The van der Waals surface area contributed by atoms with Crippen LogP contribution in [0.15, 0.2) is 35.2 Å². The van der Waals surface area contributed by atoms with Crippen LogP contribution in [0.3, 0.4) is 0 Å². The Morgan fingerprint density at radius 2 is 1.62 bits per heavy atom. The zero-order valence-electron chi connectivity index (χ0n) is 15.9. The lowest BCUT2D eigenvalue weighted by atomic mass is 10.2. The molecule has 0 aromatic heterocycles. The van der Waals surface area contributed by atoms with Gasteiger partial charge in [0.05, 0.1) is 18.1 Å². The number of hydrogen-bond donors (Lipinski definition) is 0. The lowest BCUT2D eigenvalue weighted by Gasteiger charge is -2.29. The molecule has 1 aromatic rings. The van der Waals surface area contributed by atoms with Crippen LogP contribution >= 0.6 is 0 Å². The molecule has 7 heteroatoms. The van der Waals surface area contributed by atoms with Crippen LogP contribution in [0.4, 0.5) is 0 Å². The lowest BCUT2D eigenvalue weighted by molar-refractivity contribution is -0.129. The summed E-state index contributed by atoms with van der Waals surface area (Å²) in [5.41, 5.74) is 0.784. The molecular weight excluding hydrogens is 352 g/mol. The predicted octanol–water partition coefficient (Wildman–Crippen LogP) is 2.37. The summed E-state index contributed by atoms with van der Waals surface area (Å²) in [6, 6.07) is 6.83. The number of carbonyl (C=O) groups excluding carboxylic acids is 1. The molecule has 0 aliphatic carbocycles. The Bertz CT molecular complexity index is 725. The summed E-state index contributed by atoms with van der Waals surface area (Å²) in [7, 11) is -3.49. The number of sulfonamides is 1. The standard InChI is InChI=1S/C19H28N2O4S/c1-15(2)21(16(3)4)19(22)10-7-17-5-8-18(9-6-17)26(23,24)20-11-13-25-14-12-20/h5-10,15-16H,11-14H2,1-4H3. The van der Waals surface area contributed by atoms with Gasteiger partial charge in [0, 0.05) is 31.2 Å². The first kappa shape index (κ1) is 20.6. The average Bonchev–Trinajstić information content (AvgIpc) is 2.60. The Balaban J connectivity index is 2.10. The van der Waals surface area contributed by atoms with Crippen LogP contribution in [0.25, 0.3) is 6.08 Å². The Hall–Kier alpha value is -1.70. The smallest absolute Gasteiger partial charge is 0.247 e. The minimum atomic E-state index is -3.49. The molecule has 1 aromatic carbocycles. The van der Waals surface area contributed by atoms with Crippen LogP contribution in [-0.2, 0) is 19.6 Å². The average molecular weight is 381 g/mol. The summed E-state index contributed by atoms with van der Waals surface area (Å²) < 4.78 is 31.8. The maximum Gasteiger partial charge on any atom is 0.247 e. The highest BCUT2D eigenvalue weighted by Gasteiger charge is 2.26. The van der Waals surface area contributed by atoms with Gasteiger partial charge in [-0.15, -0.1) is 0 Å². The van der Waals surface area contributed by atoms with Crippen molar-refractivity contribution in [1.29, 1.82) is 0 Å². The van der Waals surface area contributed by atoms with E-state index in [0.717, 1.165) is 5.56 Å². The Kier molecular flexibility index (Phi) is 6.97. The Labute approximate surface area is 156 Å². The van der Waals surface area contributed by atoms with E-state index < -0.39 is 10.0 Å². The molecule has 1 heterocycles. The summed E-state index contributed by atoms with van der Waals surface area (Å²) in [4.78, 5) is 14.4. The van der Waals surface area contributed by atoms with Gasteiger partial charge in [0.2, 0.25) is 15.9 Å². The second kappa shape index (κ2) is 8.79. The van der Waals surface area contributed by atoms with Gasteiger partial charge >= 0.3 is 0 Å². The summed E-state index contributed by atoms with van der Waals surface area (Å²) in [6.07, 6.45) is 3.25. The molecule has 0 spiro atoms. The van der Waals surface area contributed by atoms with E-state index in [9.17, 15) is 13.2 Å². The van der Waals surface area contributed by atoms with Crippen LogP contribution in [0.5, 0.6) is 0 Å². The number of morpholine rings is 1. The predicted molar refractivity (Wildman–Crippen MR) is 102 cm³/mol.